The van der Waals surface area contributed by atoms with Gasteiger partial charge in [0.2, 0.25) is 0 Å². The van der Waals surface area contributed by atoms with E-state index < -0.39 is 10.8 Å². The van der Waals surface area contributed by atoms with Gasteiger partial charge in [-0.1, -0.05) is 81.3 Å². The van der Waals surface area contributed by atoms with E-state index in [0.29, 0.717) is 18.6 Å². The predicted molar refractivity (Wildman–Crippen MR) is 197 cm³/mol. The van der Waals surface area contributed by atoms with Crippen LogP contribution in [0.2, 0.25) is 0 Å². The van der Waals surface area contributed by atoms with Crippen molar-refractivity contribution in [3.8, 4) is 0 Å². The van der Waals surface area contributed by atoms with Crippen LogP contribution < -0.4 is 10.6 Å². The molecule has 3 unspecified atom stereocenters. The molecule has 0 radical (unpaired) electrons. The standard InChI is InChI=1S/C41H42N4O2S2/c1-4-41(33-29(45-37-35(41)49-24-43-37)20-40(22-31(33)47)16-8-9-17-40)27-14-12-25(13-15-27)18-38(2)19-28-32(30(46)21-38)39(3,26-10-6-5-7-11-26)34-36(44-28)42-23-48-34/h5-7,10-15,23-24,44-45H,4,8-9,16-22H2,1-3H3. The van der Waals surface area contributed by atoms with E-state index in [2.05, 4.69) is 84.9 Å². The SMILES string of the molecule is CCC1(c2ccc(CC3(C)CC(=O)C4=C(C3)Nc3ncsc3C4(C)c3ccccc3)cc2)C2=C(CC3(CCCC3)CC2=O)Nc2ncsc21. The highest BCUT2D eigenvalue weighted by Crippen LogP contribution is 2.59. The number of nitrogens with zero attached hydrogens (tertiary/aromatic N) is 2. The first kappa shape index (κ1) is 31.1. The minimum atomic E-state index is -0.529. The lowest BCUT2D eigenvalue weighted by Crippen LogP contribution is -2.43. The molecule has 2 N–H and O–H groups in total. The number of hydrogen-bond acceptors (Lipinski definition) is 8. The van der Waals surface area contributed by atoms with Gasteiger partial charge in [-0.15, -0.1) is 22.7 Å². The molecule has 1 saturated carbocycles. The number of ketones is 2. The van der Waals surface area contributed by atoms with E-state index in [-0.39, 0.29) is 16.6 Å². The molecule has 0 bridgehead atoms. The van der Waals surface area contributed by atoms with Crippen molar-refractivity contribution in [1.29, 1.82) is 0 Å². The van der Waals surface area contributed by atoms with Crippen molar-refractivity contribution in [3.63, 3.8) is 0 Å². The van der Waals surface area contributed by atoms with Gasteiger partial charge in [0.15, 0.2) is 11.6 Å². The number of rotatable bonds is 5. The molecule has 0 saturated heterocycles. The Morgan fingerprint density at radius 1 is 0.714 bits per heavy atom. The number of allylic oxidation sites excluding steroid dienone is 4. The van der Waals surface area contributed by atoms with Crippen LogP contribution in [0.3, 0.4) is 0 Å². The van der Waals surface area contributed by atoms with Gasteiger partial charge in [-0.3, -0.25) is 9.59 Å². The lowest BCUT2D eigenvalue weighted by Gasteiger charge is -2.45. The Balaban J connectivity index is 1.05. The zero-order valence-electron chi connectivity index (χ0n) is 28.4. The van der Waals surface area contributed by atoms with E-state index in [1.165, 1.54) is 18.4 Å². The van der Waals surface area contributed by atoms with Crippen LogP contribution in [-0.4, -0.2) is 21.5 Å². The van der Waals surface area contributed by atoms with Crippen LogP contribution in [0.5, 0.6) is 0 Å². The van der Waals surface area contributed by atoms with Crippen molar-refractivity contribution in [2.24, 2.45) is 10.8 Å². The first-order chi connectivity index (χ1) is 23.7. The summed E-state index contributed by atoms with van der Waals surface area (Å²) in [5, 5.41) is 7.26. The molecule has 49 heavy (non-hydrogen) atoms. The number of benzene rings is 2. The molecule has 250 valence electrons. The molecule has 9 rings (SSSR count). The molecule has 8 heteroatoms. The molecule has 2 aliphatic heterocycles. The van der Waals surface area contributed by atoms with Crippen LogP contribution in [0.15, 0.2) is 88.2 Å². The first-order valence-electron chi connectivity index (χ1n) is 17.8. The largest absolute Gasteiger partial charge is 0.342 e. The van der Waals surface area contributed by atoms with Crippen LogP contribution in [0.1, 0.15) is 105 Å². The highest BCUT2D eigenvalue weighted by molar-refractivity contribution is 7.10. The number of aromatic nitrogens is 2. The maximum absolute atomic E-state index is 14.3. The van der Waals surface area contributed by atoms with Gasteiger partial charge in [0.25, 0.3) is 0 Å². The highest BCUT2D eigenvalue weighted by Gasteiger charge is 2.53. The summed E-state index contributed by atoms with van der Waals surface area (Å²) in [7, 11) is 0. The maximum Gasteiger partial charge on any atom is 0.162 e. The average molecular weight is 687 g/mol. The number of carbonyl (C=O) groups excluding carboxylic acids is 2. The van der Waals surface area contributed by atoms with E-state index in [1.807, 2.05) is 17.1 Å². The Hall–Kier alpha value is -3.88. The van der Waals surface area contributed by atoms with Gasteiger partial charge in [0.05, 0.1) is 31.6 Å². The molecule has 3 aliphatic carbocycles. The Labute approximate surface area is 296 Å². The normalized spacial score (nSPS) is 28.5. The molecule has 6 nitrogen and oxygen atoms in total. The first-order valence-corrected chi connectivity index (χ1v) is 19.5. The molecule has 4 heterocycles. The van der Waals surface area contributed by atoms with Crippen molar-refractivity contribution in [1.82, 2.24) is 9.97 Å². The second-order valence-corrected chi connectivity index (χ2v) is 17.4. The zero-order valence-corrected chi connectivity index (χ0v) is 30.1. The fourth-order valence-electron chi connectivity index (χ4n) is 10.3. The van der Waals surface area contributed by atoms with Gasteiger partial charge in [-0.2, -0.15) is 0 Å². The molecule has 1 fully saturated rings. The topological polar surface area (TPSA) is 84.0 Å². The summed E-state index contributed by atoms with van der Waals surface area (Å²) in [5.74, 6) is 2.31. The Kier molecular flexibility index (Phi) is 7.03. The fourth-order valence-corrected chi connectivity index (χ4v) is 12.3. The van der Waals surface area contributed by atoms with Crippen LogP contribution >= 0.6 is 22.7 Å². The van der Waals surface area contributed by atoms with E-state index in [4.69, 9.17) is 4.98 Å². The van der Waals surface area contributed by atoms with Gasteiger partial charge in [-0.25, -0.2) is 9.97 Å². The molecule has 2 aromatic heterocycles. The van der Waals surface area contributed by atoms with Crippen LogP contribution in [-0.2, 0) is 26.8 Å². The van der Waals surface area contributed by atoms with Crippen molar-refractivity contribution in [2.45, 2.75) is 95.8 Å². The zero-order chi connectivity index (χ0) is 33.6. The summed E-state index contributed by atoms with van der Waals surface area (Å²) in [6.07, 6.45) is 9.16. The molecule has 4 aromatic rings. The Morgan fingerprint density at radius 2 is 1.35 bits per heavy atom. The van der Waals surface area contributed by atoms with Crippen LogP contribution in [0.4, 0.5) is 11.6 Å². The highest BCUT2D eigenvalue weighted by atomic mass is 32.1. The number of anilines is 2. The second kappa shape index (κ2) is 11.1. The molecule has 0 amide bonds. The molecule has 3 atom stereocenters. The predicted octanol–water partition coefficient (Wildman–Crippen LogP) is 9.50. The third kappa shape index (κ3) is 4.55. The summed E-state index contributed by atoms with van der Waals surface area (Å²) in [5.41, 5.74) is 10.1. The molecule has 5 aliphatic rings. The number of Topliss-reactive ketones (excluding diaryl/α,β-unsaturated/α-hetero) is 2. The molecule has 1 spiro atoms. The monoisotopic (exact) mass is 686 g/mol. The quantitative estimate of drug-likeness (QED) is 0.218. The Bertz CT molecular complexity index is 2070. The Morgan fingerprint density at radius 3 is 2.04 bits per heavy atom. The molecule has 2 aromatic carbocycles. The van der Waals surface area contributed by atoms with Crippen LogP contribution in [0, 0.1) is 10.8 Å². The third-order valence-corrected chi connectivity index (χ3v) is 14.5. The van der Waals surface area contributed by atoms with E-state index in [1.54, 1.807) is 22.7 Å². The van der Waals surface area contributed by atoms with Gasteiger partial charge in [0, 0.05) is 35.4 Å². The smallest absolute Gasteiger partial charge is 0.162 e. The van der Waals surface area contributed by atoms with E-state index >= 15 is 0 Å². The van der Waals surface area contributed by atoms with E-state index in [0.717, 1.165) is 93.6 Å². The maximum atomic E-state index is 14.3. The number of carbonyl (C=O) groups is 2. The van der Waals surface area contributed by atoms with E-state index in [9.17, 15) is 9.59 Å². The lowest BCUT2D eigenvalue weighted by molar-refractivity contribution is -0.120. The third-order valence-electron chi connectivity index (χ3n) is 12.5. The van der Waals surface area contributed by atoms with Crippen molar-refractivity contribution in [3.05, 3.63) is 115 Å². The van der Waals surface area contributed by atoms with Gasteiger partial charge in [-0.05, 0) is 73.0 Å². The minimum Gasteiger partial charge on any atom is -0.342 e. The molecular formula is C41H42N4O2S2. The number of fused-ring (bicyclic) bond motifs is 2. The average Bonchev–Trinajstić information content (AvgIpc) is 3.86. The van der Waals surface area contributed by atoms with Gasteiger partial charge < -0.3 is 10.6 Å². The summed E-state index contributed by atoms with van der Waals surface area (Å²) in [4.78, 5) is 40.2. The number of nitrogens with one attached hydrogen (secondary N) is 2. The number of thiazole rings is 2. The van der Waals surface area contributed by atoms with Crippen molar-refractivity contribution >= 4 is 45.9 Å². The minimum absolute atomic E-state index is 0.106. The fraction of sp³-hybridized carbons (Fsp3) is 0.415. The van der Waals surface area contributed by atoms with Gasteiger partial charge >= 0.3 is 0 Å². The lowest BCUT2D eigenvalue weighted by atomic mass is 9.60. The van der Waals surface area contributed by atoms with Crippen molar-refractivity contribution < 1.29 is 9.59 Å². The van der Waals surface area contributed by atoms with Crippen LogP contribution in [0.25, 0.3) is 0 Å². The summed E-state index contributed by atoms with van der Waals surface area (Å²) in [6, 6.07) is 19.4. The summed E-state index contributed by atoms with van der Waals surface area (Å²) >= 11 is 3.27. The molecular weight excluding hydrogens is 645 g/mol. The number of hydrogen-bond donors (Lipinski definition) is 2. The second-order valence-electron chi connectivity index (χ2n) is 15.7. The summed E-state index contributed by atoms with van der Waals surface area (Å²) in [6.45, 7) is 6.66. The van der Waals surface area contributed by atoms with Crippen molar-refractivity contribution in [2.75, 3.05) is 10.6 Å². The summed E-state index contributed by atoms with van der Waals surface area (Å²) < 4.78 is 0. The van der Waals surface area contributed by atoms with Gasteiger partial charge in [0.1, 0.15) is 11.6 Å².